The summed E-state index contributed by atoms with van der Waals surface area (Å²) in [6, 6.07) is 16.3. The molecule has 0 aliphatic carbocycles. The minimum atomic E-state index is 0.820. The second kappa shape index (κ2) is 6.66. The van der Waals surface area contributed by atoms with Crippen LogP contribution in [0.25, 0.3) is 20.4 Å². The molecule has 0 aliphatic heterocycles. The molecule has 0 N–H and O–H groups in total. The molecule has 6 nitrogen and oxygen atoms in total. The van der Waals surface area contributed by atoms with Crippen molar-refractivity contribution < 1.29 is 4.57 Å². The zero-order valence-corrected chi connectivity index (χ0v) is 15.3. The SMILES string of the molecule is Cn1/c(=N\N=C/N=Nc2sc3ccccc3[n+]2C)sc2ccccc21. The molecule has 0 bridgehead atoms. The van der Waals surface area contributed by atoms with Crippen LogP contribution >= 0.6 is 22.7 Å². The summed E-state index contributed by atoms with van der Waals surface area (Å²) < 4.78 is 6.39. The summed E-state index contributed by atoms with van der Waals surface area (Å²) in [6.07, 6.45) is 1.37. The number of fused-ring (bicyclic) bond motifs is 2. The lowest BCUT2D eigenvalue weighted by Gasteiger charge is -1.91. The van der Waals surface area contributed by atoms with Gasteiger partial charge in [-0.05, 0) is 40.7 Å². The molecule has 4 rings (SSSR count). The van der Waals surface area contributed by atoms with Crippen LogP contribution in [0.2, 0.25) is 0 Å². The Balaban J connectivity index is 1.58. The van der Waals surface area contributed by atoms with Gasteiger partial charge in [-0.25, -0.2) is 4.57 Å². The number of rotatable bonds is 3. The first-order valence-corrected chi connectivity index (χ1v) is 9.26. The minimum absolute atomic E-state index is 0.820. The zero-order chi connectivity index (χ0) is 17.2. The molecular weight excluding hydrogens is 352 g/mol. The molecule has 0 fully saturated rings. The maximum absolute atomic E-state index is 4.23. The predicted octanol–water partition coefficient (Wildman–Crippen LogP) is 3.91. The molecule has 0 saturated heterocycles. The maximum Gasteiger partial charge on any atom is 0.409 e. The van der Waals surface area contributed by atoms with E-state index in [1.807, 2.05) is 47.5 Å². The second-order valence-corrected chi connectivity index (χ2v) is 7.39. The van der Waals surface area contributed by atoms with E-state index in [9.17, 15) is 0 Å². The van der Waals surface area contributed by atoms with E-state index in [1.54, 1.807) is 22.7 Å². The van der Waals surface area contributed by atoms with Gasteiger partial charge in [0, 0.05) is 7.05 Å². The quantitative estimate of drug-likeness (QED) is 0.173. The third-order valence-electron chi connectivity index (χ3n) is 3.82. The first-order valence-electron chi connectivity index (χ1n) is 7.62. The Bertz CT molecular complexity index is 1180. The van der Waals surface area contributed by atoms with Crippen molar-refractivity contribution in [3.63, 3.8) is 0 Å². The predicted molar refractivity (Wildman–Crippen MR) is 102 cm³/mol. The van der Waals surface area contributed by atoms with Crippen LogP contribution in [0.5, 0.6) is 0 Å². The average molecular weight is 367 g/mol. The minimum Gasteiger partial charge on any atom is -0.318 e. The number of aromatic nitrogens is 2. The zero-order valence-electron chi connectivity index (χ0n) is 13.7. The summed E-state index contributed by atoms with van der Waals surface area (Å²) in [5, 5.41) is 17.3. The number of hydrogen-bond acceptors (Lipinski definition) is 5. The van der Waals surface area contributed by atoms with Gasteiger partial charge in [0.1, 0.15) is 5.52 Å². The number of azo groups is 1. The number of para-hydroxylation sites is 2. The lowest BCUT2D eigenvalue weighted by molar-refractivity contribution is -0.627. The highest BCUT2D eigenvalue weighted by Crippen LogP contribution is 2.25. The van der Waals surface area contributed by atoms with Gasteiger partial charge in [-0.1, -0.05) is 35.6 Å². The summed E-state index contributed by atoms with van der Waals surface area (Å²) in [5.74, 6) is 0. The van der Waals surface area contributed by atoms with E-state index < -0.39 is 0 Å². The van der Waals surface area contributed by atoms with Gasteiger partial charge in [0.25, 0.3) is 0 Å². The highest BCUT2D eigenvalue weighted by molar-refractivity contribution is 7.21. The van der Waals surface area contributed by atoms with Crippen LogP contribution in [0.4, 0.5) is 5.13 Å². The van der Waals surface area contributed by atoms with E-state index in [0.29, 0.717) is 0 Å². The van der Waals surface area contributed by atoms with Gasteiger partial charge in [0.05, 0.1) is 27.1 Å². The summed E-state index contributed by atoms with van der Waals surface area (Å²) in [7, 11) is 3.96. The van der Waals surface area contributed by atoms with Crippen molar-refractivity contribution in [2.75, 3.05) is 0 Å². The van der Waals surface area contributed by atoms with Crippen molar-refractivity contribution >= 4 is 54.6 Å². The third-order valence-corrected chi connectivity index (χ3v) is 6.03. The van der Waals surface area contributed by atoms with Gasteiger partial charge in [0.15, 0.2) is 6.34 Å². The molecule has 0 saturated carbocycles. The van der Waals surface area contributed by atoms with Gasteiger partial charge in [-0.3, -0.25) is 0 Å². The molecule has 2 aromatic heterocycles. The molecule has 0 radical (unpaired) electrons. The number of thiazole rings is 2. The molecule has 0 aliphatic rings. The van der Waals surface area contributed by atoms with Crippen LogP contribution in [0.15, 0.2) is 69.0 Å². The molecule has 8 heteroatoms. The standard InChI is InChI=1S/C17H15N6S2/c1-22-12-7-3-5-9-14(12)24-16(22)20-18-11-19-21-17-23(2)13-8-4-6-10-15(13)25-17/h3-11H,1-2H3/q+1. The number of benzene rings is 2. The monoisotopic (exact) mass is 367 g/mol. The molecular formula is C17H15N6S2+. The maximum atomic E-state index is 4.23. The largest absolute Gasteiger partial charge is 0.409 e. The fourth-order valence-corrected chi connectivity index (χ4v) is 4.48. The van der Waals surface area contributed by atoms with Crippen molar-refractivity contribution in [1.29, 1.82) is 0 Å². The molecule has 124 valence electrons. The molecule has 0 spiro atoms. The Labute approximate surface area is 151 Å². The van der Waals surface area contributed by atoms with E-state index in [2.05, 4.69) is 44.7 Å². The molecule has 4 aromatic rings. The number of nitrogens with zero attached hydrogens (tertiary/aromatic N) is 6. The van der Waals surface area contributed by atoms with E-state index in [4.69, 9.17) is 0 Å². The van der Waals surface area contributed by atoms with Gasteiger partial charge in [0.2, 0.25) is 4.80 Å². The Morgan fingerprint density at radius 1 is 1.00 bits per heavy atom. The summed E-state index contributed by atoms with van der Waals surface area (Å²) in [4.78, 5) is 0.820. The Hall–Kier alpha value is -2.71. The highest BCUT2D eigenvalue weighted by Gasteiger charge is 2.14. The summed E-state index contributed by atoms with van der Waals surface area (Å²) >= 11 is 3.18. The lowest BCUT2D eigenvalue weighted by Crippen LogP contribution is -2.25. The molecule has 25 heavy (non-hydrogen) atoms. The van der Waals surface area contributed by atoms with E-state index >= 15 is 0 Å². The van der Waals surface area contributed by atoms with Gasteiger partial charge < -0.3 is 4.57 Å². The van der Waals surface area contributed by atoms with Crippen molar-refractivity contribution in [3.05, 3.63) is 53.3 Å². The topological polar surface area (TPSA) is 58.2 Å². The molecule has 0 amide bonds. The van der Waals surface area contributed by atoms with E-state index in [-0.39, 0.29) is 0 Å². The Morgan fingerprint density at radius 2 is 1.76 bits per heavy atom. The average Bonchev–Trinajstić information content (AvgIpc) is 3.13. The van der Waals surface area contributed by atoms with Crippen LogP contribution < -0.4 is 9.37 Å². The first-order chi connectivity index (χ1) is 12.2. The van der Waals surface area contributed by atoms with Gasteiger partial charge >= 0.3 is 5.13 Å². The molecule has 0 unspecified atom stereocenters. The van der Waals surface area contributed by atoms with Crippen LogP contribution in [-0.2, 0) is 14.1 Å². The van der Waals surface area contributed by atoms with E-state index in [0.717, 1.165) is 21.0 Å². The van der Waals surface area contributed by atoms with Crippen molar-refractivity contribution in [3.8, 4) is 0 Å². The second-order valence-electron chi connectivity index (χ2n) is 5.37. The molecule has 0 atom stereocenters. The van der Waals surface area contributed by atoms with Gasteiger partial charge in [-0.2, -0.15) is 0 Å². The Morgan fingerprint density at radius 3 is 2.56 bits per heavy atom. The smallest absolute Gasteiger partial charge is 0.318 e. The highest BCUT2D eigenvalue weighted by atomic mass is 32.1. The molecule has 2 heterocycles. The lowest BCUT2D eigenvalue weighted by atomic mass is 10.3. The van der Waals surface area contributed by atoms with Crippen molar-refractivity contribution in [1.82, 2.24) is 4.57 Å². The molecule has 2 aromatic carbocycles. The van der Waals surface area contributed by atoms with Gasteiger partial charge in [-0.15, -0.1) is 10.2 Å². The van der Waals surface area contributed by atoms with Crippen LogP contribution in [0.3, 0.4) is 0 Å². The van der Waals surface area contributed by atoms with Crippen molar-refractivity contribution in [2.24, 2.45) is 34.5 Å². The fourth-order valence-electron chi connectivity index (χ4n) is 2.53. The fraction of sp³-hybridized carbons (Fsp3) is 0.118. The number of aryl methyl sites for hydroxylation is 2. The number of hydrogen-bond donors (Lipinski definition) is 0. The van der Waals surface area contributed by atoms with Crippen LogP contribution in [0.1, 0.15) is 0 Å². The third kappa shape index (κ3) is 3.01. The van der Waals surface area contributed by atoms with Crippen LogP contribution in [0, 0.1) is 0 Å². The van der Waals surface area contributed by atoms with Crippen molar-refractivity contribution in [2.45, 2.75) is 0 Å². The Kier molecular flexibility index (Phi) is 4.21. The first kappa shape index (κ1) is 15.8. The summed E-state index contributed by atoms with van der Waals surface area (Å²) in [5.41, 5.74) is 2.28. The van der Waals surface area contributed by atoms with E-state index in [1.165, 1.54) is 15.7 Å². The van der Waals surface area contributed by atoms with Crippen LogP contribution in [-0.4, -0.2) is 10.9 Å². The normalized spacial score (nSPS) is 13.1. The summed E-state index contributed by atoms with van der Waals surface area (Å²) in [6.45, 7) is 0.